The first-order valence-electron chi connectivity index (χ1n) is 8.20. The van der Waals surface area contributed by atoms with E-state index in [1.54, 1.807) is 29.2 Å². The maximum absolute atomic E-state index is 12.8. The number of methoxy groups -OCH3 is 1. The first kappa shape index (κ1) is 20.1. The Balaban J connectivity index is 2.38. The standard InChI is InChI=1S/C18H21N3O6/c1-27-15-5-2-13(3-6-15)19-18(24)16-12-14(21(25)26)4-7-17(16)20(8-10-22)9-11-23/h2-7,12,22-23H,8-11H2,1H3,(H,19,24). The minimum absolute atomic E-state index is 0.0712. The van der Waals surface area contributed by atoms with Crippen LogP contribution in [0.15, 0.2) is 42.5 Å². The fourth-order valence-electron chi connectivity index (χ4n) is 2.56. The summed E-state index contributed by atoms with van der Waals surface area (Å²) in [7, 11) is 1.53. The summed E-state index contributed by atoms with van der Waals surface area (Å²) >= 11 is 0. The molecule has 0 fully saturated rings. The number of hydrogen-bond donors (Lipinski definition) is 3. The molecule has 0 saturated carbocycles. The fraction of sp³-hybridized carbons (Fsp3) is 0.278. The summed E-state index contributed by atoms with van der Waals surface area (Å²) < 4.78 is 5.06. The Morgan fingerprint density at radius 2 is 1.78 bits per heavy atom. The van der Waals surface area contributed by atoms with Crippen molar-refractivity contribution in [1.82, 2.24) is 0 Å². The van der Waals surface area contributed by atoms with Crippen LogP contribution in [0.4, 0.5) is 17.1 Å². The summed E-state index contributed by atoms with van der Waals surface area (Å²) in [5.41, 5.74) is 0.720. The van der Waals surface area contributed by atoms with Crippen molar-refractivity contribution < 1.29 is 24.7 Å². The molecule has 9 heteroatoms. The van der Waals surface area contributed by atoms with Gasteiger partial charge in [-0.05, 0) is 30.3 Å². The molecule has 2 rings (SSSR count). The smallest absolute Gasteiger partial charge is 0.270 e. The summed E-state index contributed by atoms with van der Waals surface area (Å²) in [5.74, 6) is 0.0841. The van der Waals surface area contributed by atoms with Gasteiger partial charge in [0.25, 0.3) is 11.6 Å². The normalized spacial score (nSPS) is 10.3. The number of nitrogens with one attached hydrogen (secondary N) is 1. The second kappa shape index (κ2) is 9.51. The molecule has 0 bridgehead atoms. The van der Waals surface area contributed by atoms with Crippen LogP contribution in [0.25, 0.3) is 0 Å². The maximum Gasteiger partial charge on any atom is 0.270 e. The van der Waals surface area contributed by atoms with Gasteiger partial charge in [0, 0.05) is 30.9 Å². The highest BCUT2D eigenvalue weighted by molar-refractivity contribution is 6.08. The molecule has 27 heavy (non-hydrogen) atoms. The van der Waals surface area contributed by atoms with Gasteiger partial charge in [-0.2, -0.15) is 0 Å². The summed E-state index contributed by atoms with van der Waals surface area (Å²) in [4.78, 5) is 24.9. The number of rotatable bonds is 9. The molecule has 0 aliphatic rings. The lowest BCUT2D eigenvalue weighted by Gasteiger charge is -2.25. The van der Waals surface area contributed by atoms with Crippen LogP contribution in [0.5, 0.6) is 5.75 Å². The number of hydrogen-bond acceptors (Lipinski definition) is 7. The van der Waals surface area contributed by atoms with Crippen molar-refractivity contribution in [1.29, 1.82) is 0 Å². The zero-order valence-corrected chi connectivity index (χ0v) is 14.8. The van der Waals surface area contributed by atoms with Crippen LogP contribution in [-0.2, 0) is 0 Å². The van der Waals surface area contributed by atoms with E-state index in [-0.39, 0.29) is 37.6 Å². The number of nitro benzene ring substituents is 1. The van der Waals surface area contributed by atoms with E-state index in [4.69, 9.17) is 4.74 Å². The van der Waals surface area contributed by atoms with Crippen LogP contribution in [0.1, 0.15) is 10.4 Å². The molecular formula is C18H21N3O6. The molecule has 1 amide bonds. The molecule has 2 aromatic carbocycles. The third-order valence-electron chi connectivity index (χ3n) is 3.86. The molecule has 0 unspecified atom stereocenters. The van der Waals surface area contributed by atoms with E-state index in [0.29, 0.717) is 17.1 Å². The van der Waals surface area contributed by atoms with Gasteiger partial charge in [0.2, 0.25) is 0 Å². The van der Waals surface area contributed by atoms with Gasteiger partial charge in [0.15, 0.2) is 0 Å². The molecule has 3 N–H and O–H groups in total. The van der Waals surface area contributed by atoms with Crippen molar-refractivity contribution in [2.45, 2.75) is 0 Å². The lowest BCUT2D eigenvalue weighted by Crippen LogP contribution is -2.31. The molecule has 144 valence electrons. The zero-order chi connectivity index (χ0) is 19.8. The number of benzene rings is 2. The van der Waals surface area contributed by atoms with Gasteiger partial charge in [-0.15, -0.1) is 0 Å². The number of amides is 1. The van der Waals surface area contributed by atoms with E-state index >= 15 is 0 Å². The number of anilines is 2. The first-order chi connectivity index (χ1) is 13.0. The van der Waals surface area contributed by atoms with E-state index in [0.717, 1.165) is 0 Å². The molecule has 9 nitrogen and oxygen atoms in total. The molecule has 0 spiro atoms. The molecule has 0 heterocycles. The van der Waals surface area contributed by atoms with E-state index in [1.807, 2.05) is 0 Å². The average Bonchev–Trinajstić information content (AvgIpc) is 2.68. The molecule has 0 saturated heterocycles. The highest BCUT2D eigenvalue weighted by Gasteiger charge is 2.20. The first-order valence-corrected chi connectivity index (χ1v) is 8.20. The fourth-order valence-corrected chi connectivity index (χ4v) is 2.56. The highest BCUT2D eigenvalue weighted by Crippen LogP contribution is 2.27. The number of nitro groups is 1. The van der Waals surface area contributed by atoms with Gasteiger partial charge in [-0.25, -0.2) is 0 Å². The summed E-state index contributed by atoms with van der Waals surface area (Å²) in [6.45, 7) is -0.0601. The van der Waals surface area contributed by atoms with E-state index in [1.165, 1.54) is 25.3 Å². The SMILES string of the molecule is COc1ccc(NC(=O)c2cc([N+](=O)[O-])ccc2N(CCO)CCO)cc1. The quantitative estimate of drug-likeness (QED) is 0.449. The predicted molar refractivity (Wildman–Crippen MR) is 100 cm³/mol. The van der Waals surface area contributed by atoms with Crippen molar-refractivity contribution >= 4 is 23.0 Å². The second-order valence-electron chi connectivity index (χ2n) is 5.58. The van der Waals surface area contributed by atoms with Crippen LogP contribution in [-0.4, -0.2) is 54.5 Å². The van der Waals surface area contributed by atoms with Gasteiger partial charge < -0.3 is 25.2 Å². The largest absolute Gasteiger partial charge is 0.497 e. The Kier molecular flexibility index (Phi) is 7.09. The Hall–Kier alpha value is -3.17. The Labute approximate surface area is 156 Å². The number of carbonyl (C=O) groups is 1. The van der Waals surface area contributed by atoms with Crippen molar-refractivity contribution in [3.63, 3.8) is 0 Å². The van der Waals surface area contributed by atoms with E-state index in [2.05, 4.69) is 5.32 Å². The number of non-ortho nitro benzene ring substituents is 1. The zero-order valence-electron chi connectivity index (χ0n) is 14.8. The molecule has 0 aliphatic heterocycles. The van der Waals surface area contributed by atoms with Crippen molar-refractivity contribution in [2.75, 3.05) is 43.6 Å². The van der Waals surface area contributed by atoms with Crippen LogP contribution in [0.3, 0.4) is 0 Å². The van der Waals surface area contributed by atoms with E-state index < -0.39 is 10.8 Å². The van der Waals surface area contributed by atoms with Crippen molar-refractivity contribution in [3.8, 4) is 5.75 Å². The van der Waals surface area contributed by atoms with Crippen LogP contribution < -0.4 is 15.0 Å². The van der Waals surface area contributed by atoms with Crippen LogP contribution in [0.2, 0.25) is 0 Å². The highest BCUT2D eigenvalue weighted by atomic mass is 16.6. The number of aliphatic hydroxyl groups excluding tert-OH is 2. The van der Waals surface area contributed by atoms with Crippen molar-refractivity contribution in [3.05, 3.63) is 58.1 Å². The van der Waals surface area contributed by atoms with Crippen molar-refractivity contribution in [2.24, 2.45) is 0 Å². The lowest BCUT2D eigenvalue weighted by atomic mass is 10.1. The summed E-state index contributed by atoms with van der Waals surface area (Å²) in [5, 5.41) is 32.3. The second-order valence-corrected chi connectivity index (χ2v) is 5.58. The maximum atomic E-state index is 12.8. The lowest BCUT2D eigenvalue weighted by molar-refractivity contribution is -0.384. The molecule has 0 aromatic heterocycles. The number of ether oxygens (including phenoxy) is 1. The third-order valence-corrected chi connectivity index (χ3v) is 3.86. The Bertz CT molecular complexity index is 788. The molecule has 0 aliphatic carbocycles. The number of aliphatic hydroxyl groups is 2. The predicted octanol–water partition coefficient (Wildman–Crippen LogP) is 1.65. The molecule has 0 atom stereocenters. The number of carbonyl (C=O) groups excluding carboxylic acids is 1. The molecular weight excluding hydrogens is 354 g/mol. The van der Waals surface area contributed by atoms with Gasteiger partial charge in [0.1, 0.15) is 5.75 Å². The third kappa shape index (κ3) is 5.16. The Morgan fingerprint density at radius 3 is 2.30 bits per heavy atom. The Morgan fingerprint density at radius 1 is 1.15 bits per heavy atom. The van der Waals surface area contributed by atoms with Gasteiger partial charge in [-0.1, -0.05) is 0 Å². The van der Waals surface area contributed by atoms with Crippen LogP contribution >= 0.6 is 0 Å². The topological polar surface area (TPSA) is 125 Å². The van der Waals surface area contributed by atoms with Gasteiger partial charge >= 0.3 is 0 Å². The molecule has 2 aromatic rings. The number of nitrogens with zero attached hydrogens (tertiary/aromatic N) is 2. The van der Waals surface area contributed by atoms with Crippen LogP contribution in [0, 0.1) is 10.1 Å². The summed E-state index contributed by atoms with van der Waals surface area (Å²) in [6, 6.07) is 10.5. The van der Waals surface area contributed by atoms with Gasteiger partial charge in [-0.3, -0.25) is 14.9 Å². The summed E-state index contributed by atoms with van der Waals surface area (Å²) in [6.07, 6.45) is 0. The minimum atomic E-state index is -0.587. The average molecular weight is 375 g/mol. The minimum Gasteiger partial charge on any atom is -0.497 e. The monoisotopic (exact) mass is 375 g/mol. The molecule has 0 radical (unpaired) electrons. The van der Waals surface area contributed by atoms with Gasteiger partial charge in [0.05, 0.1) is 36.5 Å². The van der Waals surface area contributed by atoms with E-state index in [9.17, 15) is 25.1 Å².